The fraction of sp³-hybridized carbons (Fsp3) is 0.857. The monoisotopic (exact) mass is 269 g/mol. The summed E-state index contributed by atoms with van der Waals surface area (Å²) in [5.41, 5.74) is 5.70. The molecule has 2 rings (SSSR count). The normalized spacial score (nSPS) is 22.4. The predicted octanol–water partition coefficient (Wildman–Crippen LogP) is 1.68. The summed E-state index contributed by atoms with van der Waals surface area (Å²) < 4.78 is 10.5. The molecule has 1 atom stereocenters. The van der Waals surface area contributed by atoms with Gasteiger partial charge in [-0.2, -0.15) is 0 Å². The Kier molecular flexibility index (Phi) is 5.19. The quantitative estimate of drug-likeness (QED) is 0.768. The Morgan fingerprint density at radius 1 is 0.947 bits per heavy atom. The van der Waals surface area contributed by atoms with Gasteiger partial charge >= 0.3 is 11.9 Å². The third kappa shape index (κ3) is 4.49. The molecule has 5 nitrogen and oxygen atoms in total. The third-order valence-corrected chi connectivity index (χ3v) is 3.87. The molecule has 0 saturated heterocycles. The Morgan fingerprint density at radius 3 is 1.95 bits per heavy atom. The molecule has 0 radical (unpaired) electrons. The molecule has 0 aromatic carbocycles. The maximum atomic E-state index is 11.7. The van der Waals surface area contributed by atoms with Crippen LogP contribution in [0, 0.1) is 0 Å². The van der Waals surface area contributed by atoms with E-state index in [0.29, 0.717) is 0 Å². The largest absolute Gasteiger partial charge is 0.462 e. The van der Waals surface area contributed by atoms with Gasteiger partial charge in [-0.3, -0.25) is 9.59 Å². The average Bonchev–Trinajstić information content (AvgIpc) is 3.01. The second-order valence-electron chi connectivity index (χ2n) is 5.55. The van der Waals surface area contributed by atoms with Crippen LogP contribution in [0.15, 0.2) is 0 Å². The first-order valence-electron chi connectivity index (χ1n) is 7.30. The smallest absolute Gasteiger partial charge is 0.323 e. The fourth-order valence-electron chi connectivity index (χ4n) is 2.76. The number of ether oxygens (including phenoxy) is 2. The zero-order valence-electron chi connectivity index (χ0n) is 11.3. The van der Waals surface area contributed by atoms with E-state index in [1.807, 2.05) is 0 Å². The number of carbonyl (C=O) groups excluding carboxylic acids is 2. The lowest BCUT2D eigenvalue weighted by molar-refractivity contribution is -0.157. The van der Waals surface area contributed by atoms with Crippen molar-refractivity contribution in [2.24, 2.45) is 5.73 Å². The highest BCUT2D eigenvalue weighted by Crippen LogP contribution is 2.22. The van der Waals surface area contributed by atoms with Gasteiger partial charge in [0, 0.05) is 0 Å². The van der Waals surface area contributed by atoms with E-state index in [1.54, 1.807) is 0 Å². The van der Waals surface area contributed by atoms with E-state index >= 15 is 0 Å². The van der Waals surface area contributed by atoms with Crippen LogP contribution < -0.4 is 5.73 Å². The van der Waals surface area contributed by atoms with Gasteiger partial charge < -0.3 is 15.2 Å². The number of rotatable bonds is 5. The minimum absolute atomic E-state index is 0.00981. The van der Waals surface area contributed by atoms with E-state index in [0.717, 1.165) is 51.4 Å². The van der Waals surface area contributed by atoms with Crippen LogP contribution in [-0.2, 0) is 19.1 Å². The Bertz CT molecular complexity index is 319. The van der Waals surface area contributed by atoms with Crippen molar-refractivity contribution in [3.8, 4) is 0 Å². The zero-order chi connectivity index (χ0) is 13.7. The van der Waals surface area contributed by atoms with Crippen LogP contribution in [0.1, 0.15) is 57.8 Å². The summed E-state index contributed by atoms with van der Waals surface area (Å²) >= 11 is 0. The van der Waals surface area contributed by atoms with Crippen LogP contribution in [-0.4, -0.2) is 30.2 Å². The third-order valence-electron chi connectivity index (χ3n) is 3.87. The van der Waals surface area contributed by atoms with Crippen molar-refractivity contribution in [1.29, 1.82) is 0 Å². The van der Waals surface area contributed by atoms with Gasteiger partial charge in [0.05, 0.1) is 6.42 Å². The van der Waals surface area contributed by atoms with Gasteiger partial charge in [0.25, 0.3) is 0 Å². The van der Waals surface area contributed by atoms with Crippen molar-refractivity contribution < 1.29 is 19.1 Å². The number of esters is 2. The lowest BCUT2D eigenvalue weighted by Crippen LogP contribution is -2.37. The maximum absolute atomic E-state index is 11.7. The molecule has 2 N–H and O–H groups in total. The first kappa shape index (κ1) is 14.3. The van der Waals surface area contributed by atoms with Gasteiger partial charge in [0.15, 0.2) is 0 Å². The molecule has 0 aliphatic heterocycles. The highest BCUT2D eigenvalue weighted by Gasteiger charge is 2.26. The van der Waals surface area contributed by atoms with Gasteiger partial charge in [-0.25, -0.2) is 0 Å². The molecule has 0 aromatic heterocycles. The van der Waals surface area contributed by atoms with Crippen molar-refractivity contribution in [2.75, 3.05) is 0 Å². The van der Waals surface area contributed by atoms with Crippen LogP contribution >= 0.6 is 0 Å². The number of hydrogen-bond acceptors (Lipinski definition) is 5. The second kappa shape index (κ2) is 6.89. The molecule has 2 saturated carbocycles. The van der Waals surface area contributed by atoms with Crippen LogP contribution in [0.4, 0.5) is 0 Å². The Morgan fingerprint density at radius 2 is 1.42 bits per heavy atom. The van der Waals surface area contributed by atoms with E-state index in [2.05, 4.69) is 0 Å². The number of hydrogen-bond donors (Lipinski definition) is 1. The first-order valence-corrected chi connectivity index (χ1v) is 7.30. The molecule has 0 bridgehead atoms. The SMILES string of the molecule is N[C@@H](CC(=O)OC1CCCC1)C(=O)OC1CCCC1. The Hall–Kier alpha value is -1.10. The molecule has 108 valence electrons. The Labute approximate surface area is 113 Å². The predicted molar refractivity (Wildman–Crippen MR) is 69.3 cm³/mol. The summed E-state index contributed by atoms with van der Waals surface area (Å²) in [7, 11) is 0. The molecule has 0 unspecified atom stereocenters. The highest BCUT2D eigenvalue weighted by atomic mass is 16.6. The molecular weight excluding hydrogens is 246 g/mol. The number of carbonyl (C=O) groups is 2. The van der Waals surface area contributed by atoms with Crippen LogP contribution in [0.3, 0.4) is 0 Å². The van der Waals surface area contributed by atoms with Gasteiger partial charge in [-0.05, 0) is 51.4 Å². The molecule has 0 heterocycles. The minimum Gasteiger partial charge on any atom is -0.462 e. The molecule has 0 aromatic rings. The second-order valence-corrected chi connectivity index (χ2v) is 5.55. The zero-order valence-corrected chi connectivity index (χ0v) is 11.3. The van der Waals surface area contributed by atoms with Crippen molar-refractivity contribution >= 4 is 11.9 Å². The fourth-order valence-corrected chi connectivity index (χ4v) is 2.76. The van der Waals surface area contributed by atoms with Gasteiger partial charge in [-0.1, -0.05) is 0 Å². The summed E-state index contributed by atoms with van der Waals surface area (Å²) in [5.74, 6) is -0.863. The van der Waals surface area contributed by atoms with E-state index < -0.39 is 12.0 Å². The summed E-state index contributed by atoms with van der Waals surface area (Å²) in [4.78, 5) is 23.4. The molecule has 0 spiro atoms. The van der Waals surface area contributed by atoms with Crippen LogP contribution in [0.25, 0.3) is 0 Å². The molecule has 19 heavy (non-hydrogen) atoms. The molecule has 2 aliphatic rings. The Balaban J connectivity index is 1.68. The van der Waals surface area contributed by atoms with Gasteiger partial charge in [0.2, 0.25) is 0 Å². The van der Waals surface area contributed by atoms with Crippen molar-refractivity contribution in [2.45, 2.75) is 76.0 Å². The molecule has 2 aliphatic carbocycles. The molecule has 0 amide bonds. The van der Waals surface area contributed by atoms with E-state index in [1.165, 1.54) is 0 Å². The topological polar surface area (TPSA) is 78.6 Å². The van der Waals surface area contributed by atoms with E-state index in [-0.39, 0.29) is 24.6 Å². The lowest BCUT2D eigenvalue weighted by atomic mass is 10.2. The first-order chi connectivity index (χ1) is 9.15. The lowest BCUT2D eigenvalue weighted by Gasteiger charge is -2.16. The van der Waals surface area contributed by atoms with Crippen LogP contribution in [0.2, 0.25) is 0 Å². The van der Waals surface area contributed by atoms with Crippen molar-refractivity contribution in [3.63, 3.8) is 0 Å². The standard InChI is InChI=1S/C14H23NO4/c15-12(14(17)19-11-7-3-4-8-11)9-13(16)18-10-5-1-2-6-10/h10-12H,1-9,15H2/t12-/m0/s1. The minimum atomic E-state index is -0.894. The molecular formula is C14H23NO4. The summed E-state index contributed by atoms with van der Waals surface area (Å²) in [6, 6.07) is -0.894. The van der Waals surface area contributed by atoms with Crippen molar-refractivity contribution in [1.82, 2.24) is 0 Å². The average molecular weight is 269 g/mol. The van der Waals surface area contributed by atoms with Crippen molar-refractivity contribution in [3.05, 3.63) is 0 Å². The summed E-state index contributed by atoms with van der Waals surface area (Å²) in [6.45, 7) is 0. The van der Waals surface area contributed by atoms with Gasteiger partial charge in [0.1, 0.15) is 18.2 Å². The van der Waals surface area contributed by atoms with Gasteiger partial charge in [-0.15, -0.1) is 0 Å². The highest BCUT2D eigenvalue weighted by molar-refractivity contribution is 5.82. The van der Waals surface area contributed by atoms with E-state index in [9.17, 15) is 9.59 Å². The number of nitrogens with two attached hydrogens (primary N) is 1. The molecule has 5 heteroatoms. The maximum Gasteiger partial charge on any atom is 0.323 e. The van der Waals surface area contributed by atoms with E-state index in [4.69, 9.17) is 15.2 Å². The molecule has 2 fully saturated rings. The summed E-state index contributed by atoms with van der Waals surface area (Å²) in [5, 5.41) is 0. The summed E-state index contributed by atoms with van der Waals surface area (Å²) in [6.07, 6.45) is 7.99. The van der Waals surface area contributed by atoms with Crippen LogP contribution in [0.5, 0.6) is 0 Å².